The van der Waals surface area contributed by atoms with E-state index >= 15 is 0 Å². The largest absolute Gasteiger partial charge is 0.361 e. The van der Waals surface area contributed by atoms with E-state index in [9.17, 15) is 4.39 Å². The van der Waals surface area contributed by atoms with Gasteiger partial charge in [0.1, 0.15) is 11.6 Å². The molecule has 0 aliphatic heterocycles. The molecule has 3 nitrogen and oxygen atoms in total. The number of rotatable bonds is 5. The van der Waals surface area contributed by atoms with Gasteiger partial charge >= 0.3 is 0 Å². The average Bonchev–Trinajstić information content (AvgIpc) is 3.22. The molecule has 3 rings (SSSR count). The van der Waals surface area contributed by atoms with Gasteiger partial charge in [0, 0.05) is 30.3 Å². The van der Waals surface area contributed by atoms with Gasteiger partial charge < -0.3 is 4.52 Å². The van der Waals surface area contributed by atoms with Crippen LogP contribution in [0, 0.1) is 19.7 Å². The number of benzene rings is 1. The topological polar surface area (TPSA) is 29.3 Å². The first-order chi connectivity index (χ1) is 9.65. The van der Waals surface area contributed by atoms with Crippen LogP contribution in [0.2, 0.25) is 0 Å². The molecule has 20 heavy (non-hydrogen) atoms. The summed E-state index contributed by atoms with van der Waals surface area (Å²) in [6.45, 7) is 5.31. The zero-order valence-corrected chi connectivity index (χ0v) is 11.9. The fraction of sp³-hybridized carbons (Fsp3) is 0.438. The lowest BCUT2D eigenvalue weighted by Gasteiger charge is -2.22. The molecule has 0 unspecified atom stereocenters. The highest BCUT2D eigenvalue weighted by atomic mass is 19.1. The third kappa shape index (κ3) is 2.75. The quantitative estimate of drug-likeness (QED) is 0.834. The summed E-state index contributed by atoms with van der Waals surface area (Å²) >= 11 is 0. The standard InChI is InChI=1S/C16H19FN2O/c1-11-15(12(2)20-18-11)10-19(14-7-8-14)9-13-5-3-4-6-16(13)17/h3-6,14H,7-10H2,1-2H3. The van der Waals surface area contributed by atoms with Gasteiger partial charge in [0.25, 0.3) is 0 Å². The first-order valence-corrected chi connectivity index (χ1v) is 7.04. The highest BCUT2D eigenvalue weighted by Crippen LogP contribution is 2.31. The maximum atomic E-state index is 13.8. The first kappa shape index (κ1) is 13.3. The van der Waals surface area contributed by atoms with Crippen molar-refractivity contribution in [3.63, 3.8) is 0 Å². The third-order valence-corrected chi connectivity index (χ3v) is 3.94. The molecule has 1 aliphatic rings. The van der Waals surface area contributed by atoms with E-state index < -0.39 is 0 Å². The van der Waals surface area contributed by atoms with Crippen molar-refractivity contribution in [1.82, 2.24) is 10.1 Å². The molecular formula is C16H19FN2O. The van der Waals surface area contributed by atoms with Crippen molar-refractivity contribution in [2.24, 2.45) is 0 Å². The molecule has 0 amide bonds. The summed E-state index contributed by atoms with van der Waals surface area (Å²) in [4.78, 5) is 2.32. The molecule has 0 bridgehead atoms. The Kier molecular flexibility index (Phi) is 3.57. The van der Waals surface area contributed by atoms with Gasteiger partial charge in [0.15, 0.2) is 0 Å². The summed E-state index contributed by atoms with van der Waals surface area (Å²) in [7, 11) is 0. The van der Waals surface area contributed by atoms with Gasteiger partial charge in [-0.1, -0.05) is 23.4 Å². The minimum absolute atomic E-state index is 0.128. The molecular weight excluding hydrogens is 255 g/mol. The fourth-order valence-corrected chi connectivity index (χ4v) is 2.53. The summed E-state index contributed by atoms with van der Waals surface area (Å²) in [6, 6.07) is 7.56. The Morgan fingerprint density at radius 3 is 2.60 bits per heavy atom. The SMILES string of the molecule is Cc1noc(C)c1CN(Cc1ccccc1F)C1CC1. The Morgan fingerprint density at radius 2 is 2.00 bits per heavy atom. The van der Waals surface area contributed by atoms with E-state index in [-0.39, 0.29) is 5.82 Å². The van der Waals surface area contributed by atoms with Crippen LogP contribution in [-0.2, 0) is 13.1 Å². The minimum atomic E-state index is -0.128. The third-order valence-electron chi connectivity index (χ3n) is 3.94. The average molecular weight is 274 g/mol. The van der Waals surface area contributed by atoms with Crippen LogP contribution in [0.25, 0.3) is 0 Å². The molecule has 1 fully saturated rings. The van der Waals surface area contributed by atoms with Crippen molar-refractivity contribution < 1.29 is 8.91 Å². The van der Waals surface area contributed by atoms with Crippen LogP contribution >= 0.6 is 0 Å². The van der Waals surface area contributed by atoms with Crippen molar-refractivity contribution in [1.29, 1.82) is 0 Å². The summed E-state index contributed by atoms with van der Waals surface area (Å²) in [5.41, 5.74) is 2.82. The van der Waals surface area contributed by atoms with Crippen molar-refractivity contribution >= 4 is 0 Å². The summed E-state index contributed by atoms with van der Waals surface area (Å²) in [5, 5.41) is 4.00. The molecule has 1 aliphatic carbocycles. The van der Waals surface area contributed by atoms with Gasteiger partial charge in [-0.25, -0.2) is 4.39 Å². The van der Waals surface area contributed by atoms with Gasteiger partial charge in [0.05, 0.1) is 5.69 Å². The van der Waals surface area contributed by atoms with E-state index in [1.807, 2.05) is 26.0 Å². The van der Waals surface area contributed by atoms with Gasteiger partial charge in [0.2, 0.25) is 0 Å². The maximum Gasteiger partial charge on any atom is 0.138 e. The zero-order chi connectivity index (χ0) is 14.1. The second-order valence-electron chi connectivity index (χ2n) is 5.53. The van der Waals surface area contributed by atoms with Crippen LogP contribution in [0.5, 0.6) is 0 Å². The van der Waals surface area contributed by atoms with Crippen molar-refractivity contribution in [2.45, 2.75) is 45.8 Å². The fourth-order valence-electron chi connectivity index (χ4n) is 2.53. The number of aromatic nitrogens is 1. The van der Waals surface area contributed by atoms with Gasteiger partial charge in [-0.2, -0.15) is 0 Å². The lowest BCUT2D eigenvalue weighted by Crippen LogP contribution is -2.26. The predicted octanol–water partition coefficient (Wildman–Crippen LogP) is 3.60. The van der Waals surface area contributed by atoms with Crippen molar-refractivity contribution in [2.75, 3.05) is 0 Å². The highest BCUT2D eigenvalue weighted by Gasteiger charge is 2.30. The number of nitrogens with zero attached hydrogens (tertiary/aromatic N) is 2. The Bertz CT molecular complexity index is 585. The predicted molar refractivity (Wildman–Crippen MR) is 74.6 cm³/mol. The van der Waals surface area contributed by atoms with Crippen LogP contribution in [0.3, 0.4) is 0 Å². The lowest BCUT2D eigenvalue weighted by atomic mass is 10.1. The molecule has 4 heteroatoms. The second kappa shape index (κ2) is 5.37. The highest BCUT2D eigenvalue weighted by molar-refractivity contribution is 5.22. The second-order valence-corrected chi connectivity index (χ2v) is 5.53. The number of halogens is 1. The summed E-state index contributed by atoms with van der Waals surface area (Å²) < 4.78 is 19.0. The van der Waals surface area contributed by atoms with Crippen LogP contribution in [0.15, 0.2) is 28.8 Å². The molecule has 0 atom stereocenters. The molecule has 1 saturated carbocycles. The Morgan fingerprint density at radius 1 is 1.25 bits per heavy atom. The van der Waals surface area contributed by atoms with Gasteiger partial charge in [-0.05, 0) is 32.8 Å². The summed E-state index contributed by atoms with van der Waals surface area (Å²) in [5.74, 6) is 0.735. The molecule has 1 aromatic carbocycles. The van der Waals surface area contributed by atoms with Crippen molar-refractivity contribution in [3.8, 4) is 0 Å². The van der Waals surface area contributed by atoms with E-state index in [2.05, 4.69) is 10.1 Å². The van der Waals surface area contributed by atoms with Crippen LogP contribution < -0.4 is 0 Å². The van der Waals surface area contributed by atoms with E-state index in [0.29, 0.717) is 12.6 Å². The zero-order valence-electron chi connectivity index (χ0n) is 11.9. The van der Waals surface area contributed by atoms with Gasteiger partial charge in [-0.15, -0.1) is 0 Å². The molecule has 0 saturated heterocycles. The molecule has 106 valence electrons. The first-order valence-electron chi connectivity index (χ1n) is 7.04. The molecule has 1 heterocycles. The molecule has 2 aromatic rings. The molecule has 0 spiro atoms. The molecule has 0 N–H and O–H groups in total. The summed E-state index contributed by atoms with van der Waals surface area (Å²) in [6.07, 6.45) is 2.38. The molecule has 0 radical (unpaired) electrons. The lowest BCUT2D eigenvalue weighted by molar-refractivity contribution is 0.240. The maximum absolute atomic E-state index is 13.8. The van der Waals surface area contributed by atoms with E-state index in [1.54, 1.807) is 6.07 Å². The van der Waals surface area contributed by atoms with Crippen LogP contribution in [0.4, 0.5) is 4.39 Å². The van der Waals surface area contributed by atoms with Crippen molar-refractivity contribution in [3.05, 3.63) is 52.7 Å². The van der Waals surface area contributed by atoms with E-state index in [4.69, 9.17) is 4.52 Å². The monoisotopic (exact) mass is 274 g/mol. The smallest absolute Gasteiger partial charge is 0.138 e. The number of hydrogen-bond acceptors (Lipinski definition) is 3. The Labute approximate surface area is 118 Å². The van der Waals surface area contributed by atoms with E-state index in [1.165, 1.54) is 18.9 Å². The van der Waals surface area contributed by atoms with Crippen LogP contribution in [0.1, 0.15) is 35.4 Å². The number of hydrogen-bond donors (Lipinski definition) is 0. The van der Waals surface area contributed by atoms with Gasteiger partial charge in [-0.3, -0.25) is 4.90 Å². The number of aryl methyl sites for hydroxylation is 2. The normalized spacial score (nSPS) is 15.0. The van der Waals surface area contributed by atoms with Crippen LogP contribution in [-0.4, -0.2) is 16.1 Å². The molecule has 1 aromatic heterocycles. The Balaban J connectivity index is 1.79. The Hall–Kier alpha value is -1.68. The minimum Gasteiger partial charge on any atom is -0.361 e. The van der Waals surface area contributed by atoms with E-state index in [0.717, 1.165) is 29.1 Å².